The number of carbonyl (C=O) groups is 1. The standard InChI is InChI=1S/C8H9NO4S/c1-13-8(10)6-4-7(14-5-6)2-3-9(11)12/h4-5H,2-3H2,1H3. The van der Waals surface area contributed by atoms with E-state index in [1.165, 1.54) is 18.4 Å². The van der Waals surface area contributed by atoms with E-state index in [2.05, 4.69) is 4.74 Å². The Balaban J connectivity index is 2.59. The van der Waals surface area contributed by atoms with Gasteiger partial charge in [0, 0.05) is 21.6 Å². The molecule has 14 heavy (non-hydrogen) atoms. The molecule has 0 aliphatic carbocycles. The summed E-state index contributed by atoms with van der Waals surface area (Å²) in [4.78, 5) is 21.5. The molecule has 76 valence electrons. The molecule has 0 bridgehead atoms. The molecule has 0 radical (unpaired) electrons. The highest BCUT2D eigenvalue weighted by Crippen LogP contribution is 2.15. The number of methoxy groups -OCH3 is 1. The van der Waals surface area contributed by atoms with Crippen molar-refractivity contribution in [1.29, 1.82) is 0 Å². The first-order valence-electron chi connectivity index (χ1n) is 3.91. The largest absolute Gasteiger partial charge is 0.465 e. The molecular weight excluding hydrogens is 206 g/mol. The van der Waals surface area contributed by atoms with E-state index in [1.54, 1.807) is 11.4 Å². The number of rotatable bonds is 4. The molecule has 1 rings (SSSR count). The van der Waals surface area contributed by atoms with Gasteiger partial charge < -0.3 is 4.74 Å². The van der Waals surface area contributed by atoms with Gasteiger partial charge in [-0.1, -0.05) is 0 Å². The smallest absolute Gasteiger partial charge is 0.338 e. The van der Waals surface area contributed by atoms with E-state index >= 15 is 0 Å². The SMILES string of the molecule is COC(=O)c1csc(CC[N+](=O)[O-])c1. The number of thiophene rings is 1. The van der Waals surface area contributed by atoms with Crippen LogP contribution in [0.3, 0.4) is 0 Å². The Kier molecular flexibility index (Phi) is 3.58. The van der Waals surface area contributed by atoms with Crippen LogP contribution >= 0.6 is 11.3 Å². The molecule has 0 fully saturated rings. The molecular formula is C8H9NO4S. The molecule has 6 heteroatoms. The van der Waals surface area contributed by atoms with E-state index in [1.807, 2.05) is 0 Å². The van der Waals surface area contributed by atoms with Gasteiger partial charge in [-0.2, -0.15) is 0 Å². The van der Waals surface area contributed by atoms with Gasteiger partial charge in [0.2, 0.25) is 6.54 Å². The van der Waals surface area contributed by atoms with Crippen LogP contribution in [0.1, 0.15) is 15.2 Å². The molecule has 0 saturated carbocycles. The van der Waals surface area contributed by atoms with Crippen molar-refractivity contribution < 1.29 is 14.5 Å². The van der Waals surface area contributed by atoms with Gasteiger partial charge in [-0.3, -0.25) is 10.1 Å². The Labute approximate surface area is 84.5 Å². The normalized spacial score (nSPS) is 9.79. The van der Waals surface area contributed by atoms with Gasteiger partial charge in [0.05, 0.1) is 12.7 Å². The van der Waals surface area contributed by atoms with Gasteiger partial charge in [0.25, 0.3) is 0 Å². The molecule has 5 nitrogen and oxygen atoms in total. The fourth-order valence-electron chi connectivity index (χ4n) is 0.938. The summed E-state index contributed by atoms with van der Waals surface area (Å²) in [7, 11) is 1.30. The first kappa shape index (κ1) is 10.6. The maximum atomic E-state index is 11.0. The van der Waals surface area contributed by atoms with Gasteiger partial charge in [-0.15, -0.1) is 11.3 Å². The van der Waals surface area contributed by atoms with Crippen molar-refractivity contribution in [1.82, 2.24) is 0 Å². The number of ether oxygens (including phenoxy) is 1. The summed E-state index contributed by atoms with van der Waals surface area (Å²) in [6, 6.07) is 1.62. The maximum absolute atomic E-state index is 11.0. The van der Waals surface area contributed by atoms with Crippen molar-refractivity contribution in [2.75, 3.05) is 13.7 Å². The van der Waals surface area contributed by atoms with E-state index in [9.17, 15) is 14.9 Å². The second-order valence-corrected chi connectivity index (χ2v) is 3.60. The highest BCUT2D eigenvalue weighted by atomic mass is 32.1. The van der Waals surface area contributed by atoms with Crippen molar-refractivity contribution in [2.45, 2.75) is 6.42 Å². The molecule has 0 aliphatic heterocycles. The second kappa shape index (κ2) is 4.71. The van der Waals surface area contributed by atoms with Crippen LogP contribution in [0.5, 0.6) is 0 Å². The summed E-state index contributed by atoms with van der Waals surface area (Å²) >= 11 is 1.33. The maximum Gasteiger partial charge on any atom is 0.338 e. The lowest BCUT2D eigenvalue weighted by atomic mass is 10.3. The van der Waals surface area contributed by atoms with Crippen LogP contribution in [-0.2, 0) is 11.2 Å². The van der Waals surface area contributed by atoms with Crippen LogP contribution in [0.2, 0.25) is 0 Å². The third kappa shape index (κ3) is 2.81. The Morgan fingerprint density at radius 3 is 3.00 bits per heavy atom. The second-order valence-electron chi connectivity index (χ2n) is 2.60. The van der Waals surface area contributed by atoms with Gasteiger partial charge in [0.15, 0.2) is 0 Å². The molecule has 0 N–H and O–H groups in total. The van der Waals surface area contributed by atoms with Crippen molar-refractivity contribution in [2.24, 2.45) is 0 Å². The molecule has 0 unspecified atom stereocenters. The number of esters is 1. The number of nitro groups is 1. The van der Waals surface area contributed by atoms with Crippen LogP contribution in [0, 0.1) is 10.1 Å². The van der Waals surface area contributed by atoms with Crippen molar-refractivity contribution in [3.05, 3.63) is 32.0 Å². The van der Waals surface area contributed by atoms with Gasteiger partial charge in [0.1, 0.15) is 0 Å². The highest BCUT2D eigenvalue weighted by Gasteiger charge is 2.09. The number of hydrogen-bond acceptors (Lipinski definition) is 5. The fraction of sp³-hybridized carbons (Fsp3) is 0.375. The zero-order valence-electron chi connectivity index (χ0n) is 7.56. The lowest BCUT2D eigenvalue weighted by Crippen LogP contribution is -2.03. The lowest BCUT2D eigenvalue weighted by molar-refractivity contribution is -0.479. The van der Waals surface area contributed by atoms with Gasteiger partial charge in [-0.25, -0.2) is 4.79 Å². The average molecular weight is 215 g/mol. The van der Waals surface area contributed by atoms with E-state index in [0.29, 0.717) is 12.0 Å². The van der Waals surface area contributed by atoms with E-state index < -0.39 is 5.97 Å². The third-order valence-corrected chi connectivity index (χ3v) is 2.61. The lowest BCUT2D eigenvalue weighted by Gasteiger charge is -1.92. The molecule has 0 aromatic carbocycles. The molecule has 0 spiro atoms. The minimum Gasteiger partial charge on any atom is -0.465 e. The minimum absolute atomic E-state index is 0.110. The highest BCUT2D eigenvalue weighted by molar-refractivity contribution is 7.10. The summed E-state index contributed by atoms with van der Waals surface area (Å²) in [5, 5.41) is 11.7. The van der Waals surface area contributed by atoms with E-state index in [-0.39, 0.29) is 11.5 Å². The van der Waals surface area contributed by atoms with Gasteiger partial charge >= 0.3 is 5.97 Å². The fourth-order valence-corrected chi connectivity index (χ4v) is 1.78. The van der Waals surface area contributed by atoms with Crippen molar-refractivity contribution in [3.63, 3.8) is 0 Å². The molecule has 1 heterocycles. The Hall–Kier alpha value is -1.43. The molecule has 0 saturated heterocycles. The quantitative estimate of drug-likeness (QED) is 0.432. The van der Waals surface area contributed by atoms with Crippen molar-refractivity contribution >= 4 is 17.3 Å². The Morgan fingerprint density at radius 1 is 1.71 bits per heavy atom. The summed E-state index contributed by atoms with van der Waals surface area (Å²) in [5.41, 5.74) is 0.454. The molecule has 1 aromatic heterocycles. The Bertz CT molecular complexity index is 347. The summed E-state index contributed by atoms with van der Waals surface area (Å²) in [6.45, 7) is -0.110. The first-order chi connectivity index (χ1) is 6.63. The van der Waals surface area contributed by atoms with E-state index in [0.717, 1.165) is 4.88 Å². The van der Waals surface area contributed by atoms with Crippen LogP contribution in [0.15, 0.2) is 11.4 Å². The zero-order chi connectivity index (χ0) is 10.6. The Morgan fingerprint density at radius 2 is 2.43 bits per heavy atom. The van der Waals surface area contributed by atoms with Crippen LogP contribution < -0.4 is 0 Å². The first-order valence-corrected chi connectivity index (χ1v) is 4.79. The predicted molar refractivity (Wildman–Crippen MR) is 51.2 cm³/mol. The predicted octanol–water partition coefficient (Wildman–Crippen LogP) is 1.35. The molecule has 0 aliphatic rings. The van der Waals surface area contributed by atoms with Crippen LogP contribution in [0.4, 0.5) is 0 Å². The molecule has 1 aromatic rings. The zero-order valence-corrected chi connectivity index (χ0v) is 8.37. The third-order valence-electron chi connectivity index (χ3n) is 1.62. The van der Waals surface area contributed by atoms with Crippen molar-refractivity contribution in [3.8, 4) is 0 Å². The monoisotopic (exact) mass is 215 g/mol. The van der Waals surface area contributed by atoms with Crippen LogP contribution in [0.25, 0.3) is 0 Å². The number of carbonyl (C=O) groups excluding carboxylic acids is 1. The summed E-state index contributed by atoms with van der Waals surface area (Å²) in [6.07, 6.45) is 0.356. The summed E-state index contributed by atoms with van der Waals surface area (Å²) in [5.74, 6) is -0.409. The average Bonchev–Trinajstić information content (AvgIpc) is 2.62. The number of hydrogen-bond donors (Lipinski definition) is 0. The molecule has 0 atom stereocenters. The van der Waals surface area contributed by atoms with E-state index in [4.69, 9.17) is 0 Å². The van der Waals surface area contributed by atoms with Gasteiger partial charge in [-0.05, 0) is 6.07 Å². The minimum atomic E-state index is -0.409. The molecule has 0 amide bonds. The number of nitrogens with zero attached hydrogens (tertiary/aromatic N) is 1. The van der Waals surface area contributed by atoms with Crippen LogP contribution in [-0.4, -0.2) is 24.5 Å². The topological polar surface area (TPSA) is 69.4 Å². The summed E-state index contributed by atoms with van der Waals surface area (Å²) < 4.78 is 4.51.